The minimum absolute atomic E-state index is 0.132. The number of rotatable bonds is 8. The van der Waals surface area contributed by atoms with Gasteiger partial charge < -0.3 is 20.4 Å². The lowest BCUT2D eigenvalue weighted by Crippen LogP contribution is -2.49. The average molecular weight is 452 g/mol. The van der Waals surface area contributed by atoms with E-state index in [1.807, 2.05) is 57.3 Å². The number of benzene rings is 1. The van der Waals surface area contributed by atoms with E-state index in [1.165, 1.54) is 4.90 Å². The molecule has 0 aliphatic carbocycles. The number of nitrogens with one attached hydrogen (secondary N) is 1. The van der Waals surface area contributed by atoms with Crippen molar-refractivity contribution in [2.24, 2.45) is 11.8 Å². The minimum atomic E-state index is -0.740. The third-order valence-electron chi connectivity index (χ3n) is 6.27. The molecular weight excluding hydrogens is 418 g/mol. The van der Waals surface area contributed by atoms with E-state index in [-0.39, 0.29) is 30.1 Å². The number of nitrogens with zero attached hydrogens (tertiary/aromatic N) is 2. The molecule has 1 aromatic carbocycles. The highest BCUT2D eigenvalue weighted by atomic mass is 16.3. The number of aryl methyl sites for hydroxylation is 1. The third kappa shape index (κ3) is 5.42. The number of carbonyl (C=O) groups is 2. The van der Waals surface area contributed by atoms with E-state index in [0.717, 1.165) is 22.3 Å². The van der Waals surface area contributed by atoms with Gasteiger partial charge in [-0.05, 0) is 54.0 Å². The molecule has 0 bridgehead atoms. The van der Waals surface area contributed by atoms with Crippen LogP contribution in [0.3, 0.4) is 0 Å². The van der Waals surface area contributed by atoms with Crippen molar-refractivity contribution in [3.63, 3.8) is 0 Å². The molecule has 2 heterocycles. The lowest BCUT2D eigenvalue weighted by Gasteiger charge is -2.30. The fourth-order valence-corrected chi connectivity index (χ4v) is 4.49. The van der Waals surface area contributed by atoms with Gasteiger partial charge in [-0.2, -0.15) is 0 Å². The molecule has 3 atom stereocenters. The Morgan fingerprint density at radius 1 is 1.24 bits per heavy atom. The number of hydrogen-bond donors (Lipinski definition) is 3. The van der Waals surface area contributed by atoms with Crippen molar-refractivity contribution in [2.75, 3.05) is 13.2 Å². The summed E-state index contributed by atoms with van der Waals surface area (Å²) in [7, 11) is 0. The van der Waals surface area contributed by atoms with Crippen molar-refractivity contribution in [1.29, 1.82) is 0 Å². The summed E-state index contributed by atoms with van der Waals surface area (Å²) in [5.41, 5.74) is 3.94. The van der Waals surface area contributed by atoms with Crippen LogP contribution in [0.2, 0.25) is 0 Å². The highest BCUT2D eigenvalue weighted by molar-refractivity contribution is 5.90. The molecule has 1 aliphatic rings. The van der Waals surface area contributed by atoms with Gasteiger partial charge in [-0.25, -0.2) is 0 Å². The Balaban J connectivity index is 1.73. The van der Waals surface area contributed by atoms with Crippen LogP contribution in [0.1, 0.15) is 43.9 Å². The van der Waals surface area contributed by atoms with Gasteiger partial charge in [0.15, 0.2) is 0 Å². The van der Waals surface area contributed by atoms with Gasteiger partial charge in [0.05, 0.1) is 24.3 Å². The van der Waals surface area contributed by atoms with Crippen molar-refractivity contribution in [2.45, 2.75) is 45.7 Å². The normalized spacial score (nSPS) is 17.6. The smallest absolute Gasteiger partial charge is 0.243 e. The predicted octanol–water partition coefficient (Wildman–Crippen LogP) is 3.54. The molecule has 33 heavy (non-hydrogen) atoms. The Morgan fingerprint density at radius 3 is 2.52 bits per heavy atom. The fraction of sp³-hybridized carbons (Fsp3) is 0.423. The van der Waals surface area contributed by atoms with E-state index in [1.54, 1.807) is 6.20 Å². The largest absolute Gasteiger partial charge is 0.512 e. The van der Waals surface area contributed by atoms with Gasteiger partial charge in [0.2, 0.25) is 11.8 Å². The van der Waals surface area contributed by atoms with E-state index < -0.39 is 18.0 Å². The first-order chi connectivity index (χ1) is 15.7. The van der Waals surface area contributed by atoms with Crippen molar-refractivity contribution in [3.8, 4) is 11.1 Å². The molecule has 176 valence electrons. The maximum Gasteiger partial charge on any atom is 0.243 e. The molecule has 2 amide bonds. The highest BCUT2D eigenvalue weighted by Gasteiger charge is 2.39. The Bertz CT molecular complexity index is 1000. The molecule has 1 saturated heterocycles. The molecule has 0 saturated carbocycles. The quantitative estimate of drug-likeness (QED) is 0.533. The van der Waals surface area contributed by atoms with Gasteiger partial charge in [-0.3, -0.25) is 14.6 Å². The molecule has 1 aromatic heterocycles. The van der Waals surface area contributed by atoms with Crippen molar-refractivity contribution in [1.82, 2.24) is 15.2 Å². The first-order valence-corrected chi connectivity index (χ1v) is 11.3. The zero-order chi connectivity index (χ0) is 24.1. The lowest BCUT2D eigenvalue weighted by atomic mass is 9.92. The van der Waals surface area contributed by atoms with Gasteiger partial charge >= 0.3 is 0 Å². The molecule has 1 fully saturated rings. The van der Waals surface area contributed by atoms with Gasteiger partial charge in [-0.15, -0.1) is 0 Å². The number of aromatic nitrogens is 1. The molecule has 7 nitrogen and oxygen atoms in total. The van der Waals surface area contributed by atoms with E-state index in [4.69, 9.17) is 0 Å². The molecule has 0 unspecified atom stereocenters. The zero-order valence-corrected chi connectivity index (χ0v) is 19.5. The van der Waals surface area contributed by atoms with Crippen molar-refractivity contribution < 1.29 is 19.8 Å². The van der Waals surface area contributed by atoms with Crippen molar-refractivity contribution in [3.05, 3.63) is 66.2 Å². The Morgan fingerprint density at radius 2 is 1.94 bits per heavy atom. The summed E-state index contributed by atoms with van der Waals surface area (Å²) in [6, 6.07) is 8.42. The molecule has 1 aliphatic heterocycles. The number of aliphatic hydroxyl groups is 2. The minimum Gasteiger partial charge on any atom is -0.512 e. The predicted molar refractivity (Wildman–Crippen MR) is 127 cm³/mol. The first-order valence-electron chi connectivity index (χ1n) is 11.3. The molecule has 0 spiro atoms. The van der Waals surface area contributed by atoms with Gasteiger partial charge in [0.1, 0.15) is 6.04 Å². The maximum atomic E-state index is 13.1. The SMILES string of the molecule is C=C(O)[C@H](C(=O)N1CCC[C@H]1C(=O)N[C@@H](CO)c1ccc(-c2ccncc2C)cc1)C(C)C. The lowest BCUT2D eigenvalue weighted by molar-refractivity contribution is -0.142. The van der Waals surface area contributed by atoms with Crippen LogP contribution in [-0.4, -0.2) is 51.1 Å². The molecule has 3 N–H and O–H groups in total. The summed E-state index contributed by atoms with van der Waals surface area (Å²) in [6.07, 6.45) is 4.80. The standard InChI is InChI=1S/C26H33N3O4/c1-16(2)24(18(4)31)26(33)29-13-5-6-23(29)25(32)28-22(15-30)20-9-7-19(8-10-20)21-11-12-27-14-17(21)3/h7-12,14,16,22-24,30-31H,4-6,13,15H2,1-3H3,(H,28,32)/t22-,23-,24+/m0/s1. The second-order valence-electron chi connectivity index (χ2n) is 8.96. The summed E-state index contributed by atoms with van der Waals surface area (Å²) >= 11 is 0. The van der Waals surface area contributed by atoms with E-state index in [9.17, 15) is 19.8 Å². The summed E-state index contributed by atoms with van der Waals surface area (Å²) in [6.45, 7) is 9.42. The Labute approximate surface area is 195 Å². The first kappa shape index (κ1) is 24.5. The topological polar surface area (TPSA) is 103 Å². The Hall–Kier alpha value is -3.19. The van der Waals surface area contributed by atoms with E-state index in [2.05, 4.69) is 16.9 Å². The van der Waals surface area contributed by atoms with Crippen LogP contribution in [0.15, 0.2) is 55.1 Å². The van der Waals surface area contributed by atoms with Crippen LogP contribution in [-0.2, 0) is 9.59 Å². The zero-order valence-electron chi connectivity index (χ0n) is 19.5. The fourth-order valence-electron chi connectivity index (χ4n) is 4.49. The summed E-state index contributed by atoms with van der Waals surface area (Å²) in [4.78, 5) is 31.8. The molecule has 7 heteroatoms. The number of hydrogen-bond acceptors (Lipinski definition) is 5. The van der Waals surface area contributed by atoms with Crippen LogP contribution in [0.5, 0.6) is 0 Å². The van der Waals surface area contributed by atoms with Crippen molar-refractivity contribution >= 4 is 11.8 Å². The second-order valence-corrected chi connectivity index (χ2v) is 8.96. The second kappa shape index (κ2) is 10.6. The highest BCUT2D eigenvalue weighted by Crippen LogP contribution is 2.28. The van der Waals surface area contributed by atoms with Crippen LogP contribution >= 0.6 is 0 Å². The number of aliphatic hydroxyl groups excluding tert-OH is 2. The van der Waals surface area contributed by atoms with E-state index >= 15 is 0 Å². The molecule has 0 radical (unpaired) electrons. The summed E-state index contributed by atoms with van der Waals surface area (Å²) in [5.74, 6) is -1.64. The van der Waals surface area contributed by atoms with Gasteiger partial charge in [-0.1, -0.05) is 44.7 Å². The third-order valence-corrected chi connectivity index (χ3v) is 6.27. The number of pyridine rings is 1. The molecule has 2 aromatic rings. The van der Waals surface area contributed by atoms with Crippen LogP contribution in [0, 0.1) is 18.8 Å². The molecule has 3 rings (SSSR count). The Kier molecular flexibility index (Phi) is 7.87. The average Bonchev–Trinajstić information content (AvgIpc) is 3.27. The van der Waals surface area contributed by atoms with Crippen LogP contribution < -0.4 is 5.32 Å². The monoisotopic (exact) mass is 451 g/mol. The van der Waals surface area contributed by atoms with Crippen LogP contribution in [0.25, 0.3) is 11.1 Å². The van der Waals surface area contributed by atoms with Crippen LogP contribution in [0.4, 0.5) is 0 Å². The van der Waals surface area contributed by atoms with Gasteiger partial charge in [0.25, 0.3) is 0 Å². The number of likely N-dealkylation sites (tertiary alicyclic amines) is 1. The number of amides is 2. The van der Waals surface area contributed by atoms with E-state index in [0.29, 0.717) is 19.4 Å². The molecular formula is C26H33N3O4. The number of carbonyl (C=O) groups excluding carboxylic acids is 2. The van der Waals surface area contributed by atoms with Gasteiger partial charge in [0, 0.05) is 18.9 Å². The summed E-state index contributed by atoms with van der Waals surface area (Å²) < 4.78 is 0. The summed E-state index contributed by atoms with van der Waals surface area (Å²) in [5, 5.41) is 22.8. The maximum absolute atomic E-state index is 13.1.